The molecule has 0 N–H and O–H groups in total. The lowest BCUT2D eigenvalue weighted by Crippen LogP contribution is -2.24. The highest BCUT2D eigenvalue weighted by Gasteiger charge is 2.23. The van der Waals surface area contributed by atoms with E-state index in [1.807, 2.05) is 0 Å². The lowest BCUT2D eigenvalue weighted by atomic mass is 9.95. The molecule has 0 saturated heterocycles. The molecule has 0 aliphatic heterocycles. The second-order valence-electron chi connectivity index (χ2n) is 5.84. The zero-order chi connectivity index (χ0) is 18.0. The summed E-state index contributed by atoms with van der Waals surface area (Å²) in [6.45, 7) is 0. The molecule has 1 aromatic carbocycles. The van der Waals surface area contributed by atoms with E-state index in [1.165, 1.54) is 0 Å². The van der Waals surface area contributed by atoms with Gasteiger partial charge in [0.05, 0.1) is 4.90 Å². The standard InChI is InChI=1S/C16H16ClFN2O3S2/c17-15-14(10-21)24-16(20(15)12-4-2-1-3-5-12)19-25(22,23)13-8-6-11(18)7-9-13/h6-10,12H,1-5H2/b19-16+. The third kappa shape index (κ3) is 3.86. The fraction of sp³-hybridized carbons (Fsp3) is 0.375. The van der Waals surface area contributed by atoms with Gasteiger partial charge in [0.25, 0.3) is 10.0 Å². The van der Waals surface area contributed by atoms with Gasteiger partial charge >= 0.3 is 0 Å². The predicted octanol–water partition coefficient (Wildman–Crippen LogP) is 3.95. The third-order valence-corrected chi connectivity index (χ3v) is 7.05. The van der Waals surface area contributed by atoms with Gasteiger partial charge in [-0.15, -0.1) is 4.40 Å². The molecule has 1 fully saturated rings. The Morgan fingerprint density at radius 2 is 1.84 bits per heavy atom. The lowest BCUT2D eigenvalue weighted by molar-refractivity contribution is 0.112. The minimum absolute atomic E-state index is 0.0216. The number of aldehydes is 1. The number of carbonyl (C=O) groups excluding carboxylic acids is 1. The summed E-state index contributed by atoms with van der Waals surface area (Å²) < 4.78 is 43.6. The minimum Gasteiger partial charge on any atom is -0.303 e. The van der Waals surface area contributed by atoms with Crippen molar-refractivity contribution in [1.29, 1.82) is 0 Å². The molecule has 0 unspecified atom stereocenters. The minimum atomic E-state index is -4.03. The smallest absolute Gasteiger partial charge is 0.285 e. The van der Waals surface area contributed by atoms with E-state index in [-0.39, 0.29) is 25.8 Å². The Morgan fingerprint density at radius 1 is 1.20 bits per heavy atom. The van der Waals surface area contributed by atoms with Gasteiger partial charge in [0.1, 0.15) is 15.8 Å². The Hall–Kier alpha value is -1.51. The van der Waals surface area contributed by atoms with E-state index >= 15 is 0 Å². The van der Waals surface area contributed by atoms with Crippen LogP contribution in [0, 0.1) is 5.82 Å². The van der Waals surface area contributed by atoms with E-state index < -0.39 is 15.8 Å². The van der Waals surface area contributed by atoms with Crippen LogP contribution in [-0.2, 0) is 10.0 Å². The van der Waals surface area contributed by atoms with Gasteiger partial charge < -0.3 is 4.57 Å². The van der Waals surface area contributed by atoms with Crippen molar-refractivity contribution in [3.8, 4) is 0 Å². The van der Waals surface area contributed by atoms with Gasteiger partial charge in [-0.3, -0.25) is 4.79 Å². The lowest BCUT2D eigenvalue weighted by Gasteiger charge is -2.23. The first kappa shape index (κ1) is 18.3. The van der Waals surface area contributed by atoms with Gasteiger partial charge in [-0.2, -0.15) is 8.42 Å². The van der Waals surface area contributed by atoms with Crippen LogP contribution >= 0.6 is 22.9 Å². The molecule has 3 rings (SSSR count). The van der Waals surface area contributed by atoms with Crippen LogP contribution in [0.3, 0.4) is 0 Å². The second kappa shape index (κ2) is 7.39. The number of nitrogens with zero attached hydrogens (tertiary/aromatic N) is 2. The number of carbonyl (C=O) groups is 1. The van der Waals surface area contributed by atoms with E-state index in [4.69, 9.17) is 11.6 Å². The fourth-order valence-electron chi connectivity index (χ4n) is 2.95. The molecule has 1 aromatic heterocycles. The molecular weight excluding hydrogens is 387 g/mol. The summed E-state index contributed by atoms with van der Waals surface area (Å²) in [5, 5.41) is 0.222. The highest BCUT2D eigenvalue weighted by molar-refractivity contribution is 7.90. The molecule has 9 heteroatoms. The summed E-state index contributed by atoms with van der Waals surface area (Å²) in [4.78, 5) is 11.5. The summed E-state index contributed by atoms with van der Waals surface area (Å²) in [5.41, 5.74) is 0. The number of hydrogen-bond acceptors (Lipinski definition) is 4. The zero-order valence-electron chi connectivity index (χ0n) is 13.2. The quantitative estimate of drug-likeness (QED) is 0.727. The summed E-state index contributed by atoms with van der Waals surface area (Å²) in [5.74, 6) is -0.529. The maximum Gasteiger partial charge on any atom is 0.285 e. The van der Waals surface area contributed by atoms with Crippen LogP contribution in [0.1, 0.15) is 47.8 Å². The van der Waals surface area contributed by atoms with Crippen LogP contribution in [0.4, 0.5) is 4.39 Å². The highest BCUT2D eigenvalue weighted by Crippen LogP contribution is 2.31. The van der Waals surface area contributed by atoms with Crippen LogP contribution in [0.15, 0.2) is 33.6 Å². The Bertz CT molecular complexity index is 943. The Balaban J connectivity index is 2.13. The SMILES string of the molecule is O=Cc1s/c(=N/S(=O)(=O)c2ccc(F)cc2)n(C2CCCCC2)c1Cl. The largest absolute Gasteiger partial charge is 0.303 e. The van der Waals surface area contributed by atoms with Gasteiger partial charge in [0.15, 0.2) is 6.29 Å². The van der Waals surface area contributed by atoms with Crippen molar-refractivity contribution < 1.29 is 17.6 Å². The molecule has 0 radical (unpaired) electrons. The number of rotatable bonds is 4. The molecule has 5 nitrogen and oxygen atoms in total. The number of hydrogen-bond donors (Lipinski definition) is 0. The zero-order valence-corrected chi connectivity index (χ0v) is 15.6. The summed E-state index contributed by atoms with van der Waals surface area (Å²) in [6, 6.07) is 4.48. The van der Waals surface area contributed by atoms with Gasteiger partial charge in [-0.25, -0.2) is 4.39 Å². The molecule has 0 amide bonds. The van der Waals surface area contributed by atoms with Crippen LogP contribution in [-0.4, -0.2) is 19.3 Å². The topological polar surface area (TPSA) is 68.5 Å². The van der Waals surface area contributed by atoms with Crippen molar-refractivity contribution in [3.63, 3.8) is 0 Å². The van der Waals surface area contributed by atoms with Gasteiger partial charge in [0.2, 0.25) is 4.80 Å². The van der Waals surface area contributed by atoms with E-state index in [1.54, 1.807) is 4.57 Å². The van der Waals surface area contributed by atoms with Crippen LogP contribution < -0.4 is 4.80 Å². The Morgan fingerprint density at radius 3 is 2.44 bits per heavy atom. The first-order chi connectivity index (χ1) is 11.9. The van der Waals surface area contributed by atoms with Crippen molar-refractivity contribution in [2.24, 2.45) is 4.40 Å². The third-order valence-electron chi connectivity index (χ3n) is 4.18. The molecule has 1 saturated carbocycles. The van der Waals surface area contributed by atoms with Crippen LogP contribution in [0.5, 0.6) is 0 Å². The molecule has 25 heavy (non-hydrogen) atoms. The second-order valence-corrected chi connectivity index (χ2v) is 8.81. The van der Waals surface area contributed by atoms with Gasteiger partial charge in [0, 0.05) is 6.04 Å². The average Bonchev–Trinajstić information content (AvgIpc) is 2.90. The normalized spacial score (nSPS) is 17.0. The molecule has 2 aromatic rings. The highest BCUT2D eigenvalue weighted by atomic mass is 35.5. The summed E-state index contributed by atoms with van der Waals surface area (Å²) >= 11 is 7.24. The van der Waals surface area contributed by atoms with E-state index in [2.05, 4.69) is 4.40 Å². The van der Waals surface area contributed by atoms with E-state index in [9.17, 15) is 17.6 Å². The molecule has 0 atom stereocenters. The molecule has 0 bridgehead atoms. The van der Waals surface area contributed by atoms with Crippen molar-refractivity contribution in [2.75, 3.05) is 0 Å². The number of aromatic nitrogens is 1. The maximum absolute atomic E-state index is 13.0. The molecule has 134 valence electrons. The first-order valence-electron chi connectivity index (χ1n) is 7.85. The molecule has 1 heterocycles. The Labute approximate surface area is 153 Å². The maximum atomic E-state index is 13.0. The van der Waals surface area contributed by atoms with Crippen LogP contribution in [0.25, 0.3) is 0 Å². The summed E-state index contributed by atoms with van der Waals surface area (Å²) in [6.07, 6.45) is 5.49. The van der Waals surface area contributed by atoms with Crippen molar-refractivity contribution in [2.45, 2.75) is 43.0 Å². The molecule has 0 spiro atoms. The van der Waals surface area contributed by atoms with E-state index in [0.29, 0.717) is 6.29 Å². The predicted molar refractivity (Wildman–Crippen MR) is 94.0 cm³/mol. The van der Waals surface area contributed by atoms with Crippen molar-refractivity contribution in [1.82, 2.24) is 4.57 Å². The van der Waals surface area contributed by atoms with Gasteiger partial charge in [-0.05, 0) is 37.1 Å². The van der Waals surface area contributed by atoms with Gasteiger partial charge in [-0.1, -0.05) is 42.2 Å². The number of thiazole rings is 1. The van der Waals surface area contributed by atoms with Crippen molar-refractivity contribution in [3.05, 3.63) is 44.9 Å². The van der Waals surface area contributed by atoms with E-state index in [0.717, 1.165) is 67.7 Å². The molecule has 1 aliphatic rings. The average molecular weight is 403 g/mol. The first-order valence-corrected chi connectivity index (χ1v) is 10.5. The Kier molecular flexibility index (Phi) is 5.41. The molecule has 1 aliphatic carbocycles. The number of sulfonamides is 1. The summed E-state index contributed by atoms with van der Waals surface area (Å²) in [7, 11) is -4.03. The van der Waals surface area contributed by atoms with Crippen molar-refractivity contribution >= 4 is 39.2 Å². The fourth-order valence-corrected chi connectivity index (χ4v) is 5.46. The number of benzene rings is 1. The molecular formula is C16H16ClFN2O3S2. The number of halogens is 2. The van der Waals surface area contributed by atoms with Crippen LogP contribution in [0.2, 0.25) is 5.15 Å². The monoisotopic (exact) mass is 402 g/mol.